The molecular weight excluding hydrogens is 212 g/mol. The first kappa shape index (κ1) is 12.4. The van der Waals surface area contributed by atoms with Crippen LogP contribution in [0.4, 0.5) is 5.69 Å². The summed E-state index contributed by atoms with van der Waals surface area (Å²) in [5.74, 6) is 0. The Morgan fingerprint density at radius 3 is 2.71 bits per heavy atom. The summed E-state index contributed by atoms with van der Waals surface area (Å²) in [7, 11) is 0. The van der Waals surface area contributed by atoms with E-state index in [4.69, 9.17) is 0 Å². The molecule has 0 amide bonds. The van der Waals surface area contributed by atoms with Crippen LogP contribution < -0.4 is 10.2 Å². The quantitative estimate of drug-likeness (QED) is 0.813. The number of nitrogens with zero attached hydrogens (tertiary/aromatic N) is 1. The van der Waals surface area contributed by atoms with Crippen LogP contribution in [-0.4, -0.2) is 37.4 Å². The summed E-state index contributed by atoms with van der Waals surface area (Å²) in [6, 6.07) is 6.58. The third kappa shape index (κ3) is 2.61. The van der Waals surface area contributed by atoms with Gasteiger partial charge in [0.25, 0.3) is 0 Å². The van der Waals surface area contributed by atoms with Crippen molar-refractivity contribution in [2.75, 3.05) is 31.1 Å². The fourth-order valence-electron chi connectivity index (χ4n) is 2.65. The Kier molecular flexibility index (Phi) is 4.02. The molecule has 1 saturated heterocycles. The minimum Gasteiger partial charge on any atom is -0.394 e. The van der Waals surface area contributed by atoms with Gasteiger partial charge in [0.2, 0.25) is 0 Å². The van der Waals surface area contributed by atoms with Crippen molar-refractivity contribution < 1.29 is 5.11 Å². The molecule has 0 aromatic heterocycles. The fourth-order valence-corrected chi connectivity index (χ4v) is 2.65. The normalized spacial score (nSPS) is 21.4. The standard InChI is InChI=1S/C14H22N2O/c1-11-5-3-6-12(2)14(11)16-8-4-7-15-9-13(16)10-17/h3,5-6,13,15,17H,4,7-10H2,1-2H3. The van der Waals surface area contributed by atoms with Crippen molar-refractivity contribution in [1.82, 2.24) is 5.32 Å². The molecule has 1 atom stereocenters. The SMILES string of the molecule is Cc1cccc(C)c1N1CCCNCC1CO. The monoisotopic (exact) mass is 234 g/mol. The molecule has 0 radical (unpaired) electrons. The lowest BCUT2D eigenvalue weighted by atomic mass is 10.1. The van der Waals surface area contributed by atoms with Crippen LogP contribution in [0.2, 0.25) is 0 Å². The molecule has 1 unspecified atom stereocenters. The van der Waals surface area contributed by atoms with Crippen LogP contribution in [0.25, 0.3) is 0 Å². The van der Waals surface area contributed by atoms with E-state index in [9.17, 15) is 5.11 Å². The zero-order chi connectivity index (χ0) is 12.3. The van der Waals surface area contributed by atoms with E-state index in [0.717, 1.165) is 26.1 Å². The van der Waals surface area contributed by atoms with Crippen LogP contribution in [0.1, 0.15) is 17.5 Å². The largest absolute Gasteiger partial charge is 0.394 e. The average molecular weight is 234 g/mol. The number of benzene rings is 1. The highest BCUT2D eigenvalue weighted by molar-refractivity contribution is 5.59. The second kappa shape index (κ2) is 5.52. The molecule has 1 aromatic rings. The van der Waals surface area contributed by atoms with Gasteiger partial charge < -0.3 is 15.3 Å². The van der Waals surface area contributed by atoms with Crippen molar-refractivity contribution in [3.05, 3.63) is 29.3 Å². The summed E-state index contributed by atoms with van der Waals surface area (Å²) < 4.78 is 0. The van der Waals surface area contributed by atoms with Crippen LogP contribution in [0.15, 0.2) is 18.2 Å². The lowest BCUT2D eigenvalue weighted by Crippen LogP contribution is -2.43. The molecule has 0 bridgehead atoms. The molecule has 2 rings (SSSR count). The van der Waals surface area contributed by atoms with Gasteiger partial charge in [-0.1, -0.05) is 18.2 Å². The summed E-state index contributed by atoms with van der Waals surface area (Å²) in [5, 5.41) is 12.9. The van der Waals surface area contributed by atoms with Gasteiger partial charge in [0.05, 0.1) is 12.6 Å². The Bertz CT molecular complexity index is 358. The number of aryl methyl sites for hydroxylation is 2. The molecule has 1 fully saturated rings. The van der Waals surface area contributed by atoms with Crippen LogP contribution in [0.3, 0.4) is 0 Å². The van der Waals surface area contributed by atoms with Crippen LogP contribution in [0.5, 0.6) is 0 Å². The number of para-hydroxylation sites is 1. The van der Waals surface area contributed by atoms with Crippen molar-refractivity contribution in [3.63, 3.8) is 0 Å². The summed E-state index contributed by atoms with van der Waals surface area (Å²) in [6.07, 6.45) is 1.13. The minimum absolute atomic E-state index is 0.192. The van der Waals surface area contributed by atoms with E-state index < -0.39 is 0 Å². The van der Waals surface area contributed by atoms with Gasteiger partial charge in [0, 0.05) is 18.8 Å². The first-order valence-corrected chi connectivity index (χ1v) is 6.38. The Morgan fingerprint density at radius 1 is 1.35 bits per heavy atom. The minimum atomic E-state index is 0.192. The number of rotatable bonds is 2. The van der Waals surface area contributed by atoms with Gasteiger partial charge in [-0.2, -0.15) is 0 Å². The van der Waals surface area contributed by atoms with Gasteiger partial charge in [-0.25, -0.2) is 0 Å². The highest BCUT2D eigenvalue weighted by Crippen LogP contribution is 2.27. The van der Waals surface area contributed by atoms with Crippen molar-refractivity contribution in [1.29, 1.82) is 0 Å². The fraction of sp³-hybridized carbons (Fsp3) is 0.571. The number of hydrogen-bond acceptors (Lipinski definition) is 3. The third-order valence-corrected chi connectivity index (χ3v) is 3.51. The number of hydrogen-bond donors (Lipinski definition) is 2. The number of anilines is 1. The van der Waals surface area contributed by atoms with Crippen molar-refractivity contribution >= 4 is 5.69 Å². The molecule has 1 heterocycles. The summed E-state index contributed by atoms with van der Waals surface area (Å²) >= 11 is 0. The molecule has 3 nitrogen and oxygen atoms in total. The molecule has 0 spiro atoms. The smallest absolute Gasteiger partial charge is 0.0647 e. The zero-order valence-corrected chi connectivity index (χ0v) is 10.7. The molecule has 17 heavy (non-hydrogen) atoms. The molecule has 94 valence electrons. The van der Waals surface area contributed by atoms with Crippen LogP contribution in [0, 0.1) is 13.8 Å². The molecule has 1 aliphatic heterocycles. The van der Waals surface area contributed by atoms with E-state index in [1.807, 2.05) is 0 Å². The van der Waals surface area contributed by atoms with E-state index in [2.05, 4.69) is 42.3 Å². The first-order chi connectivity index (χ1) is 8.24. The zero-order valence-electron chi connectivity index (χ0n) is 10.7. The van der Waals surface area contributed by atoms with Crippen molar-refractivity contribution in [3.8, 4) is 0 Å². The molecule has 0 aliphatic carbocycles. The average Bonchev–Trinajstić information content (AvgIpc) is 2.54. The predicted molar refractivity (Wildman–Crippen MR) is 71.6 cm³/mol. The van der Waals surface area contributed by atoms with Gasteiger partial charge in [0.1, 0.15) is 0 Å². The number of nitrogens with one attached hydrogen (secondary N) is 1. The van der Waals surface area contributed by atoms with E-state index in [-0.39, 0.29) is 12.6 Å². The van der Waals surface area contributed by atoms with Gasteiger partial charge in [-0.15, -0.1) is 0 Å². The molecular formula is C14H22N2O. The molecule has 0 saturated carbocycles. The van der Waals surface area contributed by atoms with Gasteiger partial charge in [-0.05, 0) is 37.9 Å². The highest BCUT2D eigenvalue weighted by Gasteiger charge is 2.22. The van der Waals surface area contributed by atoms with Crippen LogP contribution >= 0.6 is 0 Å². The van der Waals surface area contributed by atoms with Crippen LogP contribution in [-0.2, 0) is 0 Å². The lowest BCUT2D eigenvalue weighted by Gasteiger charge is -2.33. The van der Waals surface area contributed by atoms with E-state index in [0.29, 0.717) is 0 Å². The third-order valence-electron chi connectivity index (χ3n) is 3.51. The van der Waals surface area contributed by atoms with E-state index in [1.54, 1.807) is 0 Å². The number of aliphatic hydroxyl groups is 1. The van der Waals surface area contributed by atoms with E-state index in [1.165, 1.54) is 16.8 Å². The van der Waals surface area contributed by atoms with Crippen molar-refractivity contribution in [2.24, 2.45) is 0 Å². The predicted octanol–water partition coefficient (Wildman–Crippen LogP) is 1.46. The summed E-state index contributed by atoms with van der Waals surface area (Å²) in [5.41, 5.74) is 3.89. The Balaban J connectivity index is 2.34. The maximum absolute atomic E-state index is 9.55. The van der Waals surface area contributed by atoms with Gasteiger partial charge in [-0.3, -0.25) is 0 Å². The highest BCUT2D eigenvalue weighted by atomic mass is 16.3. The topological polar surface area (TPSA) is 35.5 Å². The number of aliphatic hydroxyl groups excluding tert-OH is 1. The second-order valence-corrected chi connectivity index (χ2v) is 4.83. The molecule has 2 N–H and O–H groups in total. The maximum atomic E-state index is 9.55. The summed E-state index contributed by atoms with van der Waals surface area (Å²) in [6.45, 7) is 7.43. The van der Waals surface area contributed by atoms with Gasteiger partial charge >= 0.3 is 0 Å². The lowest BCUT2D eigenvalue weighted by molar-refractivity contribution is 0.260. The first-order valence-electron chi connectivity index (χ1n) is 6.38. The molecule has 1 aliphatic rings. The Labute approximate surface area is 103 Å². The Morgan fingerprint density at radius 2 is 2.06 bits per heavy atom. The Hall–Kier alpha value is -1.06. The van der Waals surface area contributed by atoms with Gasteiger partial charge in [0.15, 0.2) is 0 Å². The van der Waals surface area contributed by atoms with E-state index >= 15 is 0 Å². The molecule has 3 heteroatoms. The summed E-state index contributed by atoms with van der Waals surface area (Å²) in [4.78, 5) is 2.37. The molecule has 1 aromatic carbocycles. The van der Waals surface area contributed by atoms with Crippen molar-refractivity contribution in [2.45, 2.75) is 26.3 Å². The second-order valence-electron chi connectivity index (χ2n) is 4.83. The maximum Gasteiger partial charge on any atom is 0.0647 e.